The molecule has 2 aromatic carbocycles. The fraction of sp³-hybridized carbons (Fsp3) is 0.345. The number of allylic oxidation sites excluding steroid dienone is 1. The summed E-state index contributed by atoms with van der Waals surface area (Å²) in [5.74, 6) is 0.455. The molecule has 0 radical (unpaired) electrons. The number of anilines is 1. The van der Waals surface area contributed by atoms with Crippen LogP contribution in [0.4, 0.5) is 5.69 Å². The molecule has 2 aliphatic heterocycles. The van der Waals surface area contributed by atoms with Gasteiger partial charge in [-0.15, -0.1) is 0 Å². The molecule has 2 heterocycles. The topological polar surface area (TPSA) is 68.2 Å². The summed E-state index contributed by atoms with van der Waals surface area (Å²) < 4.78 is 6.53. The van der Waals surface area contributed by atoms with E-state index < -0.39 is 5.97 Å². The van der Waals surface area contributed by atoms with E-state index in [1.54, 1.807) is 0 Å². The van der Waals surface area contributed by atoms with Gasteiger partial charge in [0.15, 0.2) is 5.78 Å². The number of benzene rings is 2. The third-order valence-electron chi connectivity index (χ3n) is 7.05. The summed E-state index contributed by atoms with van der Waals surface area (Å²) in [6.07, 6.45) is 3.90. The van der Waals surface area contributed by atoms with Crippen molar-refractivity contribution in [3.8, 4) is 0 Å². The molecular formula is C29H30N2O4. The Bertz CT molecular complexity index is 1300. The summed E-state index contributed by atoms with van der Waals surface area (Å²) in [5, 5.41) is 4.18. The Balaban J connectivity index is 1.60. The second kappa shape index (κ2) is 8.84. The van der Waals surface area contributed by atoms with E-state index in [9.17, 15) is 9.59 Å². The number of rotatable bonds is 5. The predicted molar refractivity (Wildman–Crippen MR) is 136 cm³/mol. The van der Waals surface area contributed by atoms with Crippen molar-refractivity contribution in [3.05, 3.63) is 88.2 Å². The zero-order valence-corrected chi connectivity index (χ0v) is 20.7. The highest BCUT2D eigenvalue weighted by molar-refractivity contribution is 6.11. The van der Waals surface area contributed by atoms with Crippen LogP contribution in [0.3, 0.4) is 0 Å². The summed E-state index contributed by atoms with van der Waals surface area (Å²) in [7, 11) is 0. The van der Waals surface area contributed by atoms with E-state index in [1.165, 1.54) is 6.92 Å². The van der Waals surface area contributed by atoms with Crippen LogP contribution in [0.1, 0.15) is 60.7 Å². The minimum atomic E-state index is -0.463. The van der Waals surface area contributed by atoms with Crippen molar-refractivity contribution in [3.63, 3.8) is 0 Å². The number of ketones is 1. The monoisotopic (exact) mass is 470 g/mol. The Morgan fingerprint density at radius 3 is 2.63 bits per heavy atom. The maximum Gasteiger partial charge on any atom is 0.331 e. The van der Waals surface area contributed by atoms with Crippen LogP contribution < -0.4 is 4.90 Å². The second-order valence-corrected chi connectivity index (χ2v) is 9.65. The third kappa shape index (κ3) is 3.77. The van der Waals surface area contributed by atoms with E-state index in [1.807, 2.05) is 49.4 Å². The van der Waals surface area contributed by atoms with Crippen LogP contribution in [-0.2, 0) is 14.4 Å². The van der Waals surface area contributed by atoms with Gasteiger partial charge in [0.1, 0.15) is 17.6 Å². The fourth-order valence-electron chi connectivity index (χ4n) is 5.41. The van der Waals surface area contributed by atoms with Crippen LogP contribution in [0, 0.1) is 12.8 Å². The second-order valence-electron chi connectivity index (χ2n) is 9.65. The first kappa shape index (κ1) is 23.1. The lowest BCUT2D eigenvalue weighted by Gasteiger charge is -2.29. The Hall–Kier alpha value is -3.67. The molecule has 0 saturated heterocycles. The first-order valence-electron chi connectivity index (χ1n) is 12.2. The van der Waals surface area contributed by atoms with Gasteiger partial charge in [-0.3, -0.25) is 4.79 Å². The molecule has 6 nitrogen and oxygen atoms in total. The van der Waals surface area contributed by atoms with Gasteiger partial charge in [0.25, 0.3) is 0 Å². The molecular weight excluding hydrogens is 440 g/mol. The van der Waals surface area contributed by atoms with Gasteiger partial charge >= 0.3 is 5.97 Å². The van der Waals surface area contributed by atoms with Crippen LogP contribution in [0.25, 0.3) is 0 Å². The average molecular weight is 471 g/mol. The van der Waals surface area contributed by atoms with Crippen molar-refractivity contribution >= 4 is 23.2 Å². The van der Waals surface area contributed by atoms with Gasteiger partial charge in [-0.05, 0) is 49.1 Å². The quantitative estimate of drug-likeness (QED) is 0.336. The number of hydrogen-bond donors (Lipinski definition) is 0. The smallest absolute Gasteiger partial charge is 0.331 e. The van der Waals surface area contributed by atoms with Crippen molar-refractivity contribution in [1.29, 1.82) is 0 Å². The van der Waals surface area contributed by atoms with Gasteiger partial charge in [-0.25, -0.2) is 4.79 Å². The summed E-state index contributed by atoms with van der Waals surface area (Å²) in [4.78, 5) is 32.3. The molecule has 3 atom stereocenters. The highest BCUT2D eigenvalue weighted by Crippen LogP contribution is 2.51. The molecule has 180 valence electrons. The molecule has 3 unspecified atom stereocenters. The summed E-state index contributed by atoms with van der Waals surface area (Å²) in [6.45, 7) is 10.4. The van der Waals surface area contributed by atoms with Gasteiger partial charge in [0.05, 0.1) is 12.0 Å². The van der Waals surface area contributed by atoms with Crippen LogP contribution in [-0.4, -0.2) is 36.2 Å². The van der Waals surface area contributed by atoms with Gasteiger partial charge in [-0.1, -0.05) is 55.4 Å². The zero-order valence-electron chi connectivity index (χ0n) is 20.7. The number of nitrogens with zero attached hydrogens (tertiary/aromatic N) is 2. The first-order valence-corrected chi connectivity index (χ1v) is 12.2. The molecule has 0 saturated carbocycles. The molecule has 0 bridgehead atoms. The lowest BCUT2D eigenvalue weighted by atomic mass is 9.84. The molecule has 0 spiro atoms. The number of likely N-dealkylation sites (N-methyl/N-ethyl adjacent to an activating group) is 1. The van der Waals surface area contributed by atoms with Crippen LogP contribution in [0.5, 0.6) is 0 Å². The van der Waals surface area contributed by atoms with E-state index in [4.69, 9.17) is 9.57 Å². The molecule has 0 fully saturated rings. The Kier molecular flexibility index (Phi) is 5.83. The van der Waals surface area contributed by atoms with Crippen molar-refractivity contribution in [1.82, 2.24) is 0 Å². The molecule has 5 rings (SSSR count). The Morgan fingerprint density at radius 1 is 1.17 bits per heavy atom. The third-order valence-corrected chi connectivity index (χ3v) is 7.05. The molecule has 1 aliphatic carbocycles. The number of aryl methyl sites for hydroxylation is 1. The summed E-state index contributed by atoms with van der Waals surface area (Å²) in [6, 6.07) is 13.8. The predicted octanol–water partition coefficient (Wildman–Crippen LogP) is 5.32. The van der Waals surface area contributed by atoms with E-state index in [2.05, 4.69) is 43.0 Å². The molecule has 35 heavy (non-hydrogen) atoms. The van der Waals surface area contributed by atoms with Crippen LogP contribution >= 0.6 is 0 Å². The van der Waals surface area contributed by atoms with E-state index in [0.717, 1.165) is 34.7 Å². The molecule has 6 heteroatoms. The van der Waals surface area contributed by atoms with Gasteiger partial charge in [0, 0.05) is 35.9 Å². The summed E-state index contributed by atoms with van der Waals surface area (Å²) >= 11 is 0. The minimum absolute atomic E-state index is 0.0162. The van der Waals surface area contributed by atoms with E-state index >= 15 is 0 Å². The molecule has 0 amide bonds. The maximum absolute atomic E-state index is 13.4. The molecule has 0 aromatic heterocycles. The van der Waals surface area contributed by atoms with Gasteiger partial charge in [0.2, 0.25) is 0 Å². The number of hydrogen-bond acceptors (Lipinski definition) is 6. The average Bonchev–Trinajstić information content (AvgIpc) is 3.37. The molecule has 0 N–H and O–H groups in total. The van der Waals surface area contributed by atoms with Crippen molar-refractivity contribution in [2.75, 3.05) is 11.4 Å². The normalized spacial score (nSPS) is 23.3. The zero-order chi connectivity index (χ0) is 24.9. The first-order chi connectivity index (χ1) is 16.8. The maximum atomic E-state index is 13.4. The van der Waals surface area contributed by atoms with Gasteiger partial charge < -0.3 is 14.5 Å². The number of fused-ring (bicyclic) bond motifs is 4. The minimum Gasteiger partial charge on any atom is -0.487 e. The molecule has 3 aliphatic rings. The van der Waals surface area contributed by atoms with E-state index in [0.29, 0.717) is 16.8 Å². The Morgan fingerprint density at radius 2 is 1.94 bits per heavy atom. The lowest BCUT2D eigenvalue weighted by molar-refractivity contribution is -0.141. The largest absolute Gasteiger partial charge is 0.487 e. The number of carbonyl (C=O) groups is 2. The number of ether oxygens (including phenoxy) is 1. The number of oxime groups is 1. The Labute approximate surface area is 205 Å². The summed E-state index contributed by atoms with van der Waals surface area (Å²) in [5.41, 5.74) is 6.03. The van der Waals surface area contributed by atoms with Crippen molar-refractivity contribution in [2.24, 2.45) is 11.1 Å². The van der Waals surface area contributed by atoms with Crippen LogP contribution in [0.2, 0.25) is 0 Å². The SMILES string of the molecule is CCN1c2ccc(C(=O)c3ccccc3C)cc2C2C3=C(C=CC21)/C(=N/OC(C)=O)C(C(C)C)O3. The lowest BCUT2D eigenvalue weighted by Crippen LogP contribution is -2.34. The highest BCUT2D eigenvalue weighted by atomic mass is 16.7. The number of carbonyl (C=O) groups excluding carboxylic acids is 2. The van der Waals surface area contributed by atoms with E-state index in [-0.39, 0.29) is 29.8 Å². The standard InChI is InChI=1S/C29H30N2O4/c1-6-31-23-13-11-19(27(33)20-10-8-7-9-17(20)4)15-22(23)25-24(31)14-12-21-26(30-35-18(5)32)28(16(2)3)34-29(21)25/h7-16,24-25,28H,6H2,1-5H3/b30-26-. The van der Waals surface area contributed by atoms with Gasteiger partial charge in [-0.2, -0.15) is 0 Å². The highest BCUT2D eigenvalue weighted by Gasteiger charge is 2.48. The molecule has 2 aromatic rings. The van der Waals surface area contributed by atoms with Crippen LogP contribution in [0.15, 0.2) is 71.1 Å². The fourth-order valence-corrected chi connectivity index (χ4v) is 5.41. The van der Waals surface area contributed by atoms with Crippen molar-refractivity contribution < 1.29 is 19.2 Å². The van der Waals surface area contributed by atoms with Crippen molar-refractivity contribution in [2.45, 2.75) is 52.7 Å².